The Morgan fingerprint density at radius 1 is 0.857 bits per heavy atom. The third-order valence-corrected chi connectivity index (χ3v) is 6.06. The van der Waals surface area contributed by atoms with Gasteiger partial charge in [0.15, 0.2) is 0 Å². The molecule has 4 rings (SSSR count). The Kier molecular flexibility index (Phi) is 7.25. The van der Waals surface area contributed by atoms with Crippen LogP contribution in [0.15, 0.2) is 72.8 Å². The molecule has 35 heavy (non-hydrogen) atoms. The van der Waals surface area contributed by atoms with Crippen molar-refractivity contribution in [2.24, 2.45) is 0 Å². The van der Waals surface area contributed by atoms with Crippen molar-refractivity contribution in [3.8, 4) is 0 Å². The first-order valence-corrected chi connectivity index (χ1v) is 11.4. The van der Waals surface area contributed by atoms with E-state index in [1.807, 2.05) is 60.4 Å². The second-order valence-electron chi connectivity index (χ2n) is 8.40. The highest BCUT2D eigenvalue weighted by molar-refractivity contribution is 5.99. The molecule has 180 valence electrons. The van der Waals surface area contributed by atoms with E-state index in [0.717, 1.165) is 29.9 Å². The minimum absolute atomic E-state index is 0.0389. The fraction of sp³-hybridized carbons (Fsp3) is 0.231. The van der Waals surface area contributed by atoms with Gasteiger partial charge in [0.2, 0.25) is 5.91 Å². The van der Waals surface area contributed by atoms with Crippen molar-refractivity contribution in [1.29, 1.82) is 0 Å². The van der Waals surface area contributed by atoms with Crippen molar-refractivity contribution in [3.05, 3.63) is 94.0 Å². The number of nitrogens with zero attached hydrogens (tertiary/aromatic N) is 3. The van der Waals surface area contributed by atoms with Gasteiger partial charge in [-0.3, -0.25) is 14.9 Å². The molecule has 0 spiro atoms. The second kappa shape index (κ2) is 10.7. The number of nitrogens with one attached hydrogen (secondary N) is 2. The zero-order valence-electron chi connectivity index (χ0n) is 19.4. The number of aryl methyl sites for hydroxylation is 1. The number of anilines is 3. The summed E-state index contributed by atoms with van der Waals surface area (Å²) in [6, 6.07) is 20.7. The highest BCUT2D eigenvalue weighted by Crippen LogP contribution is 2.21. The first-order chi connectivity index (χ1) is 16.9. The van der Waals surface area contributed by atoms with Crippen molar-refractivity contribution in [2.45, 2.75) is 13.3 Å². The number of piperazine rings is 1. The molecule has 1 fully saturated rings. The molecule has 0 unspecified atom stereocenters. The van der Waals surface area contributed by atoms with Gasteiger partial charge in [-0.25, -0.2) is 4.79 Å². The normalized spacial score (nSPS) is 13.3. The Morgan fingerprint density at radius 2 is 1.43 bits per heavy atom. The van der Waals surface area contributed by atoms with E-state index in [-0.39, 0.29) is 11.6 Å². The molecule has 1 saturated heterocycles. The maximum atomic E-state index is 12.7. The van der Waals surface area contributed by atoms with Crippen molar-refractivity contribution >= 4 is 34.7 Å². The topological polar surface area (TPSA) is 108 Å². The lowest BCUT2D eigenvalue weighted by molar-refractivity contribution is -0.384. The lowest BCUT2D eigenvalue weighted by Crippen LogP contribution is -2.49. The fourth-order valence-corrected chi connectivity index (χ4v) is 4.01. The number of amides is 3. The second-order valence-corrected chi connectivity index (χ2v) is 8.40. The predicted octanol–water partition coefficient (Wildman–Crippen LogP) is 4.44. The van der Waals surface area contributed by atoms with Crippen LogP contribution in [0.3, 0.4) is 0 Å². The van der Waals surface area contributed by atoms with E-state index in [2.05, 4.69) is 15.5 Å². The van der Waals surface area contributed by atoms with Crippen LogP contribution < -0.4 is 15.5 Å². The van der Waals surface area contributed by atoms with Crippen molar-refractivity contribution in [2.75, 3.05) is 41.7 Å². The van der Waals surface area contributed by atoms with Crippen LogP contribution >= 0.6 is 0 Å². The third-order valence-electron chi connectivity index (χ3n) is 6.06. The number of non-ortho nitro benzene ring substituents is 1. The Labute approximate surface area is 203 Å². The number of nitro groups is 1. The van der Waals surface area contributed by atoms with Gasteiger partial charge in [-0.2, -0.15) is 0 Å². The van der Waals surface area contributed by atoms with Crippen molar-refractivity contribution in [1.82, 2.24) is 4.90 Å². The van der Waals surface area contributed by atoms with E-state index >= 15 is 0 Å². The number of hydrogen-bond acceptors (Lipinski definition) is 5. The van der Waals surface area contributed by atoms with Gasteiger partial charge in [0.05, 0.1) is 11.3 Å². The van der Waals surface area contributed by atoms with Crippen LogP contribution in [0.2, 0.25) is 0 Å². The Hall–Kier alpha value is -4.40. The van der Waals surface area contributed by atoms with Crippen molar-refractivity contribution in [3.63, 3.8) is 0 Å². The molecule has 1 heterocycles. The number of urea groups is 1. The van der Waals surface area contributed by atoms with Gasteiger partial charge in [0, 0.05) is 55.4 Å². The molecule has 9 heteroatoms. The molecule has 0 radical (unpaired) electrons. The maximum absolute atomic E-state index is 12.7. The van der Waals surface area contributed by atoms with Gasteiger partial charge in [-0.15, -0.1) is 0 Å². The number of carbonyl (C=O) groups is 2. The van der Waals surface area contributed by atoms with Crippen LogP contribution in [-0.4, -0.2) is 47.9 Å². The molecule has 0 atom stereocenters. The average Bonchev–Trinajstić information content (AvgIpc) is 2.86. The number of carbonyl (C=O) groups excluding carboxylic acids is 2. The van der Waals surface area contributed by atoms with E-state index < -0.39 is 11.0 Å². The molecule has 3 aromatic carbocycles. The molecule has 0 saturated carbocycles. The number of hydrogen-bond donors (Lipinski definition) is 2. The monoisotopic (exact) mass is 473 g/mol. The molecular formula is C26H27N5O4. The molecular weight excluding hydrogens is 446 g/mol. The minimum Gasteiger partial charge on any atom is -0.368 e. The summed E-state index contributed by atoms with van der Waals surface area (Å²) in [7, 11) is 0. The Balaban J connectivity index is 1.26. The lowest BCUT2D eigenvalue weighted by atomic mass is 10.1. The quantitative estimate of drug-likeness (QED) is 0.407. The molecule has 1 aliphatic heterocycles. The van der Waals surface area contributed by atoms with Gasteiger partial charge < -0.3 is 20.4 Å². The van der Waals surface area contributed by atoms with E-state index in [0.29, 0.717) is 30.9 Å². The van der Waals surface area contributed by atoms with Crippen LogP contribution in [0.1, 0.15) is 11.1 Å². The van der Waals surface area contributed by atoms with Crippen LogP contribution in [-0.2, 0) is 11.2 Å². The molecule has 0 aliphatic carbocycles. The molecule has 1 aliphatic rings. The largest absolute Gasteiger partial charge is 0.368 e. The highest BCUT2D eigenvalue weighted by atomic mass is 16.6. The minimum atomic E-state index is -0.491. The zero-order valence-corrected chi connectivity index (χ0v) is 19.4. The number of nitro benzene ring substituents is 1. The Bertz CT molecular complexity index is 1200. The van der Waals surface area contributed by atoms with Gasteiger partial charge in [-0.1, -0.05) is 24.3 Å². The summed E-state index contributed by atoms with van der Waals surface area (Å²) in [5.41, 5.74) is 4.27. The smallest absolute Gasteiger partial charge is 0.323 e. The molecule has 3 amide bonds. The van der Waals surface area contributed by atoms with E-state index in [1.165, 1.54) is 24.3 Å². The summed E-state index contributed by atoms with van der Waals surface area (Å²) in [6.45, 7) is 4.85. The van der Waals surface area contributed by atoms with Gasteiger partial charge in [0.1, 0.15) is 0 Å². The summed E-state index contributed by atoms with van der Waals surface area (Å²) >= 11 is 0. The van der Waals surface area contributed by atoms with Gasteiger partial charge in [-0.05, 0) is 54.4 Å². The summed E-state index contributed by atoms with van der Waals surface area (Å²) in [5.74, 6) is 0.150. The maximum Gasteiger partial charge on any atom is 0.323 e. The number of rotatable bonds is 6. The van der Waals surface area contributed by atoms with E-state index in [1.54, 1.807) is 0 Å². The molecule has 2 N–H and O–H groups in total. The van der Waals surface area contributed by atoms with Crippen LogP contribution in [0.5, 0.6) is 0 Å². The summed E-state index contributed by atoms with van der Waals surface area (Å²) < 4.78 is 0. The summed E-state index contributed by atoms with van der Waals surface area (Å²) in [5, 5.41) is 16.1. The van der Waals surface area contributed by atoms with Crippen LogP contribution in [0.4, 0.5) is 27.5 Å². The first-order valence-electron chi connectivity index (χ1n) is 11.4. The standard InChI is InChI=1S/C26H27N5O4/c1-19-4-2-3-5-20(19)18-25(32)30-16-14-29(15-17-30)23-10-6-21(7-11-23)27-26(33)28-22-8-12-24(13-9-22)31(34)35/h2-13H,14-18H2,1H3,(H2,27,28,33). The van der Waals surface area contributed by atoms with Gasteiger partial charge >= 0.3 is 6.03 Å². The first kappa shape index (κ1) is 23.7. The zero-order chi connectivity index (χ0) is 24.8. The highest BCUT2D eigenvalue weighted by Gasteiger charge is 2.21. The molecule has 0 aromatic heterocycles. The summed E-state index contributed by atoms with van der Waals surface area (Å²) in [4.78, 5) is 39.3. The fourth-order valence-electron chi connectivity index (χ4n) is 4.01. The summed E-state index contributed by atoms with van der Waals surface area (Å²) in [6.07, 6.45) is 0.426. The Morgan fingerprint density at radius 3 is 2.00 bits per heavy atom. The molecule has 3 aromatic rings. The van der Waals surface area contributed by atoms with Gasteiger partial charge in [0.25, 0.3) is 5.69 Å². The lowest BCUT2D eigenvalue weighted by Gasteiger charge is -2.36. The predicted molar refractivity (Wildman–Crippen MR) is 136 cm³/mol. The average molecular weight is 474 g/mol. The van der Waals surface area contributed by atoms with Crippen LogP contribution in [0, 0.1) is 17.0 Å². The SMILES string of the molecule is Cc1ccccc1CC(=O)N1CCN(c2ccc(NC(=O)Nc3ccc([N+](=O)[O-])cc3)cc2)CC1. The molecule has 9 nitrogen and oxygen atoms in total. The van der Waals surface area contributed by atoms with Crippen LogP contribution in [0.25, 0.3) is 0 Å². The van der Waals surface area contributed by atoms with Crippen molar-refractivity contribution < 1.29 is 14.5 Å². The third kappa shape index (κ3) is 6.14. The van der Waals surface area contributed by atoms with E-state index in [4.69, 9.17) is 0 Å². The number of benzene rings is 3. The molecule has 0 bridgehead atoms. The van der Waals surface area contributed by atoms with E-state index in [9.17, 15) is 19.7 Å².